The van der Waals surface area contributed by atoms with Gasteiger partial charge in [-0.25, -0.2) is 18.2 Å². The number of hydrogen-bond donors (Lipinski definition) is 3. The molecular weight excluding hydrogens is 727 g/mol. The number of hydrogen-bond acceptors (Lipinski definition) is 10. The minimum absolute atomic E-state index is 0.0379. The predicted octanol–water partition coefficient (Wildman–Crippen LogP) is 4.13. The van der Waals surface area contributed by atoms with Crippen LogP contribution in [0.5, 0.6) is 11.6 Å². The standard InChI is InChI=1S/C40H49N5O9S/c1-38(2)22-39-15-13-25-17-29-24(18-32(25)52-3)14-16-41-34(29)54-27-19-31(33(46)43-39)45(21-27)35(47)30(42-37(49)53-23-38)10-8-6-4-5-7-9-26-20-40(26,39)36(48)44-55(50,51)28-11-12-28/h7,9,13-18,26-28,30-31H,4-6,8,10-12,19-23H2,1-3H3,(H,42,49)(H,43,46)(H,44,48)/b9-7-,15-13-. The summed E-state index contributed by atoms with van der Waals surface area (Å²) in [6.45, 7) is 3.66. The summed E-state index contributed by atoms with van der Waals surface area (Å²) in [6.07, 6.45) is 12.4. The number of allylic oxidation sites excluding steroid dienone is 2. The van der Waals surface area contributed by atoms with Crippen LogP contribution in [0.4, 0.5) is 4.79 Å². The van der Waals surface area contributed by atoms with Gasteiger partial charge in [-0.2, -0.15) is 0 Å². The van der Waals surface area contributed by atoms with Crippen LogP contribution in [-0.4, -0.2) is 91.4 Å². The number of carbonyl (C=O) groups excluding carboxylic acids is 4. The molecule has 4 amide bonds. The zero-order chi connectivity index (χ0) is 38.8. The molecule has 6 bridgehead atoms. The number of amides is 4. The second kappa shape index (κ2) is 13.8. The first-order valence-electron chi connectivity index (χ1n) is 19.4. The van der Waals surface area contributed by atoms with Crippen molar-refractivity contribution in [3.05, 3.63) is 48.2 Å². The highest BCUT2D eigenvalue weighted by Gasteiger charge is 2.71. The van der Waals surface area contributed by atoms with Crippen LogP contribution in [0, 0.1) is 16.7 Å². The van der Waals surface area contributed by atoms with E-state index in [0.29, 0.717) is 54.7 Å². The van der Waals surface area contributed by atoms with E-state index in [-0.39, 0.29) is 32.4 Å². The third kappa shape index (κ3) is 6.93. The van der Waals surface area contributed by atoms with Crippen molar-refractivity contribution < 1.29 is 41.8 Å². The SMILES string of the molecule is COc1cc2ccnc3c2cc1/C=C\C12CC(C)(C)COC(=O)NC(CCCCC/C=C\C4CC41C(=O)NS(=O)(=O)C1CC1)C(=O)N1CC(CC1C(=O)N2)O3. The van der Waals surface area contributed by atoms with Crippen molar-refractivity contribution in [1.82, 2.24) is 25.2 Å². The van der Waals surface area contributed by atoms with Crippen LogP contribution in [0.1, 0.15) is 83.6 Å². The highest BCUT2D eigenvalue weighted by molar-refractivity contribution is 7.90. The summed E-state index contributed by atoms with van der Waals surface area (Å²) >= 11 is 0. The van der Waals surface area contributed by atoms with Gasteiger partial charge in [0.05, 0.1) is 36.5 Å². The first-order chi connectivity index (χ1) is 26.2. The Hall–Kier alpha value is -4.66. The molecule has 6 unspecified atom stereocenters. The lowest BCUT2D eigenvalue weighted by molar-refractivity contribution is -0.141. The average Bonchev–Trinajstić information content (AvgIpc) is 4.07. The van der Waals surface area contributed by atoms with E-state index in [1.807, 2.05) is 44.2 Å². The van der Waals surface area contributed by atoms with Gasteiger partial charge in [-0.3, -0.25) is 19.1 Å². The molecule has 2 saturated carbocycles. The molecule has 6 atom stereocenters. The van der Waals surface area contributed by atoms with Gasteiger partial charge in [-0.15, -0.1) is 0 Å². The van der Waals surface area contributed by atoms with Gasteiger partial charge in [0.1, 0.15) is 23.9 Å². The fourth-order valence-electron chi connectivity index (χ4n) is 9.16. The number of alkyl carbamates (subject to hydrolysis) is 1. The molecule has 2 aliphatic carbocycles. The number of rotatable bonds is 4. The van der Waals surface area contributed by atoms with Crippen LogP contribution in [0.3, 0.4) is 0 Å². The van der Waals surface area contributed by atoms with Crippen LogP contribution in [0.15, 0.2) is 42.6 Å². The van der Waals surface area contributed by atoms with E-state index < -0.39 is 79.6 Å². The Balaban J connectivity index is 1.40. The number of methoxy groups -OCH3 is 1. The zero-order valence-corrected chi connectivity index (χ0v) is 32.3. The van der Waals surface area contributed by atoms with Gasteiger partial charge in [0.15, 0.2) is 0 Å². The summed E-state index contributed by atoms with van der Waals surface area (Å²) in [7, 11) is -2.44. The molecule has 15 heteroatoms. The third-order valence-corrected chi connectivity index (χ3v) is 14.0. The lowest BCUT2D eigenvalue weighted by atomic mass is 9.67. The van der Waals surface area contributed by atoms with E-state index in [4.69, 9.17) is 14.2 Å². The number of aromatic nitrogens is 1. The molecule has 1 aromatic carbocycles. The number of cyclic esters (lactones) is 1. The molecule has 0 radical (unpaired) electrons. The fourth-order valence-corrected chi connectivity index (χ4v) is 10.5. The minimum Gasteiger partial charge on any atom is -0.496 e. The number of nitrogens with zero attached hydrogens (tertiary/aromatic N) is 2. The number of benzene rings is 1. The van der Waals surface area contributed by atoms with Crippen molar-refractivity contribution in [3.63, 3.8) is 0 Å². The van der Waals surface area contributed by atoms with Crippen molar-refractivity contribution >= 4 is 50.7 Å². The van der Waals surface area contributed by atoms with Gasteiger partial charge in [-0.05, 0) is 74.4 Å². The number of sulfonamides is 1. The highest BCUT2D eigenvalue weighted by Crippen LogP contribution is 2.64. The van der Waals surface area contributed by atoms with Crippen LogP contribution >= 0.6 is 0 Å². The summed E-state index contributed by atoms with van der Waals surface area (Å²) in [4.78, 5) is 64.2. The summed E-state index contributed by atoms with van der Waals surface area (Å²) < 4.78 is 47.7. The van der Waals surface area contributed by atoms with Gasteiger partial charge < -0.3 is 29.7 Å². The van der Waals surface area contributed by atoms with Gasteiger partial charge in [0.25, 0.3) is 0 Å². The molecule has 4 aliphatic heterocycles. The molecule has 14 nitrogen and oxygen atoms in total. The Kier molecular flexibility index (Phi) is 9.37. The smallest absolute Gasteiger partial charge is 0.407 e. The highest BCUT2D eigenvalue weighted by atomic mass is 32.2. The van der Waals surface area contributed by atoms with Crippen LogP contribution in [0.25, 0.3) is 16.8 Å². The zero-order valence-electron chi connectivity index (χ0n) is 31.5. The molecule has 3 N–H and O–H groups in total. The van der Waals surface area contributed by atoms with Crippen LogP contribution in [-0.2, 0) is 29.1 Å². The van der Waals surface area contributed by atoms with Crippen molar-refractivity contribution in [1.29, 1.82) is 0 Å². The molecule has 4 fully saturated rings. The third-order valence-electron chi connectivity index (χ3n) is 12.2. The molecule has 1 aromatic heterocycles. The monoisotopic (exact) mass is 775 g/mol. The molecule has 55 heavy (non-hydrogen) atoms. The second-order valence-corrected chi connectivity index (χ2v) is 18.8. The lowest BCUT2D eigenvalue weighted by Crippen LogP contribution is -2.64. The summed E-state index contributed by atoms with van der Waals surface area (Å²) in [5, 5.41) is 6.95. The van der Waals surface area contributed by atoms with Crippen molar-refractivity contribution in [2.45, 2.75) is 107 Å². The molecular formula is C40H49N5O9S. The van der Waals surface area contributed by atoms with Crippen molar-refractivity contribution in [2.24, 2.45) is 16.7 Å². The van der Waals surface area contributed by atoms with Gasteiger partial charge in [0, 0.05) is 29.0 Å². The number of nitrogens with one attached hydrogen (secondary N) is 3. The molecule has 294 valence electrons. The van der Waals surface area contributed by atoms with Gasteiger partial charge in [0.2, 0.25) is 33.6 Å². The second-order valence-electron chi connectivity index (χ2n) is 16.8. The van der Waals surface area contributed by atoms with Crippen LogP contribution < -0.4 is 24.8 Å². The Morgan fingerprint density at radius 3 is 2.71 bits per heavy atom. The van der Waals surface area contributed by atoms with E-state index in [0.717, 1.165) is 18.2 Å². The van der Waals surface area contributed by atoms with E-state index >= 15 is 4.79 Å². The Labute approximate surface area is 320 Å². The number of carbonyl (C=O) groups is 4. The van der Waals surface area contributed by atoms with Crippen LogP contribution in [0.2, 0.25) is 0 Å². The fraction of sp³-hybridized carbons (Fsp3) is 0.575. The maximum absolute atomic E-state index is 15.1. The Bertz CT molecular complexity index is 2100. The number of pyridine rings is 1. The number of ether oxygens (including phenoxy) is 3. The molecule has 8 rings (SSSR count). The van der Waals surface area contributed by atoms with E-state index in [2.05, 4.69) is 20.3 Å². The van der Waals surface area contributed by atoms with E-state index in [1.54, 1.807) is 25.5 Å². The normalized spacial score (nSPS) is 33.1. The number of fused-ring (bicyclic) bond motifs is 4. The minimum atomic E-state index is -4.00. The molecule has 0 spiro atoms. The topological polar surface area (TPSA) is 182 Å². The quantitative estimate of drug-likeness (QED) is 0.382. The van der Waals surface area contributed by atoms with Gasteiger partial charge >= 0.3 is 6.09 Å². The van der Waals surface area contributed by atoms with E-state index in [1.165, 1.54) is 4.90 Å². The first kappa shape index (κ1) is 37.3. The molecule has 2 aromatic rings. The Morgan fingerprint density at radius 2 is 1.93 bits per heavy atom. The lowest BCUT2D eigenvalue weighted by Gasteiger charge is -2.45. The van der Waals surface area contributed by atoms with Crippen molar-refractivity contribution in [2.75, 3.05) is 20.3 Å². The summed E-state index contributed by atoms with van der Waals surface area (Å²) in [5.41, 5.74) is -3.35. The molecule has 2 saturated heterocycles. The maximum atomic E-state index is 15.1. The predicted molar refractivity (Wildman–Crippen MR) is 202 cm³/mol. The average molecular weight is 776 g/mol. The summed E-state index contributed by atoms with van der Waals surface area (Å²) in [5.74, 6) is -1.28. The largest absolute Gasteiger partial charge is 0.496 e. The maximum Gasteiger partial charge on any atom is 0.407 e. The van der Waals surface area contributed by atoms with Crippen molar-refractivity contribution in [3.8, 4) is 11.6 Å². The van der Waals surface area contributed by atoms with Gasteiger partial charge in [-0.1, -0.05) is 51.0 Å². The molecule has 5 heterocycles. The first-order valence-corrected chi connectivity index (χ1v) is 20.9. The Morgan fingerprint density at radius 1 is 1.11 bits per heavy atom. The molecule has 6 aliphatic rings. The van der Waals surface area contributed by atoms with E-state index in [9.17, 15) is 22.8 Å². The summed E-state index contributed by atoms with van der Waals surface area (Å²) in [6, 6.07) is 3.58.